The number of hydrogen-bond donors (Lipinski definition) is 0. The summed E-state index contributed by atoms with van der Waals surface area (Å²) in [6.07, 6.45) is 2.81. The molecule has 1 saturated carbocycles. The van der Waals surface area contributed by atoms with Crippen molar-refractivity contribution in [3.05, 3.63) is 28.8 Å². The van der Waals surface area contributed by atoms with Crippen LogP contribution in [0.1, 0.15) is 36.8 Å². The lowest BCUT2D eigenvalue weighted by Crippen LogP contribution is -2.43. The van der Waals surface area contributed by atoms with Crippen LogP contribution >= 0.6 is 11.3 Å². The van der Waals surface area contributed by atoms with Crippen LogP contribution in [0.2, 0.25) is 0 Å². The van der Waals surface area contributed by atoms with Gasteiger partial charge in [0.2, 0.25) is 0 Å². The van der Waals surface area contributed by atoms with Gasteiger partial charge >= 0.3 is 5.97 Å². The van der Waals surface area contributed by atoms with E-state index < -0.39 is 5.41 Å². The summed E-state index contributed by atoms with van der Waals surface area (Å²) >= 11 is 1.63. The zero-order valence-corrected chi connectivity index (χ0v) is 12.0. The lowest BCUT2D eigenvalue weighted by molar-refractivity contribution is -0.153. The number of fused-ring (bicyclic) bond motifs is 1. The molecule has 100 valence electrons. The quantitative estimate of drug-likeness (QED) is 0.804. The van der Waals surface area contributed by atoms with Gasteiger partial charge in [-0.25, -0.2) is 4.98 Å². The highest BCUT2D eigenvalue weighted by atomic mass is 32.1. The van der Waals surface area contributed by atoms with E-state index in [1.165, 1.54) is 5.56 Å². The highest BCUT2D eigenvalue weighted by Crippen LogP contribution is 2.47. The molecule has 0 saturated heterocycles. The summed E-state index contributed by atoms with van der Waals surface area (Å²) in [6.45, 7) is 4.35. The van der Waals surface area contributed by atoms with Crippen LogP contribution in [0.3, 0.4) is 0 Å². The first kappa shape index (κ1) is 12.6. The number of hydrogen-bond acceptors (Lipinski definition) is 4. The SMILES string of the molecule is CCOC(=O)C1(c2nc3cc(C)ccc3s2)CCC1. The van der Waals surface area contributed by atoms with Crippen molar-refractivity contribution in [1.82, 2.24) is 4.98 Å². The Morgan fingerprint density at radius 2 is 2.26 bits per heavy atom. The maximum absolute atomic E-state index is 12.2. The van der Waals surface area contributed by atoms with E-state index in [9.17, 15) is 4.79 Å². The number of rotatable bonds is 3. The third-order valence-corrected chi connectivity index (χ3v) is 5.07. The highest BCUT2D eigenvalue weighted by Gasteiger charge is 2.49. The van der Waals surface area contributed by atoms with Crippen molar-refractivity contribution in [3.8, 4) is 0 Å². The van der Waals surface area contributed by atoms with E-state index in [0.717, 1.165) is 34.5 Å². The second-order valence-corrected chi connectivity index (χ2v) is 6.18. The normalized spacial score (nSPS) is 17.2. The Morgan fingerprint density at radius 3 is 2.89 bits per heavy atom. The molecule has 4 heteroatoms. The Hall–Kier alpha value is -1.42. The maximum Gasteiger partial charge on any atom is 0.319 e. The average Bonchev–Trinajstić information content (AvgIpc) is 2.70. The molecule has 2 aromatic rings. The molecule has 0 aliphatic heterocycles. The second kappa shape index (κ2) is 4.60. The van der Waals surface area contributed by atoms with Crippen molar-refractivity contribution in [1.29, 1.82) is 0 Å². The molecular formula is C15H17NO2S. The van der Waals surface area contributed by atoms with Crippen molar-refractivity contribution in [3.63, 3.8) is 0 Å². The number of esters is 1. The van der Waals surface area contributed by atoms with Crippen LogP contribution in [0.5, 0.6) is 0 Å². The van der Waals surface area contributed by atoms with Gasteiger partial charge in [0.05, 0.1) is 16.8 Å². The van der Waals surface area contributed by atoms with Crippen LogP contribution in [0.4, 0.5) is 0 Å². The predicted octanol–water partition coefficient (Wildman–Crippen LogP) is 3.59. The number of ether oxygens (including phenoxy) is 1. The fourth-order valence-electron chi connectivity index (χ4n) is 2.55. The summed E-state index contributed by atoms with van der Waals surface area (Å²) in [4.78, 5) is 16.9. The smallest absolute Gasteiger partial charge is 0.319 e. The van der Waals surface area contributed by atoms with Gasteiger partial charge in [-0.2, -0.15) is 0 Å². The van der Waals surface area contributed by atoms with Gasteiger partial charge in [-0.1, -0.05) is 12.5 Å². The maximum atomic E-state index is 12.2. The van der Waals surface area contributed by atoms with Gasteiger partial charge in [0, 0.05) is 0 Å². The van der Waals surface area contributed by atoms with Crippen LogP contribution in [0.15, 0.2) is 18.2 Å². The number of benzene rings is 1. The Labute approximate surface area is 116 Å². The van der Waals surface area contributed by atoms with Crippen LogP contribution in [0, 0.1) is 6.92 Å². The minimum atomic E-state index is -0.465. The lowest BCUT2D eigenvalue weighted by Gasteiger charge is -2.37. The summed E-state index contributed by atoms with van der Waals surface area (Å²) in [6, 6.07) is 6.25. The van der Waals surface area contributed by atoms with E-state index in [-0.39, 0.29) is 5.97 Å². The average molecular weight is 275 g/mol. The predicted molar refractivity (Wildman–Crippen MR) is 76.5 cm³/mol. The molecule has 0 bridgehead atoms. The highest BCUT2D eigenvalue weighted by molar-refractivity contribution is 7.18. The van der Waals surface area contributed by atoms with E-state index >= 15 is 0 Å². The molecule has 3 rings (SSSR count). The third-order valence-electron chi connectivity index (χ3n) is 3.83. The van der Waals surface area contributed by atoms with Crippen molar-refractivity contribution >= 4 is 27.5 Å². The monoisotopic (exact) mass is 275 g/mol. The Kier molecular flexibility index (Phi) is 3.05. The first-order chi connectivity index (χ1) is 9.15. The number of nitrogens with zero attached hydrogens (tertiary/aromatic N) is 1. The number of thiazole rings is 1. The molecule has 0 radical (unpaired) electrons. The zero-order valence-electron chi connectivity index (χ0n) is 11.2. The van der Waals surface area contributed by atoms with Crippen LogP contribution in [-0.4, -0.2) is 17.6 Å². The number of aryl methyl sites for hydroxylation is 1. The minimum Gasteiger partial charge on any atom is -0.465 e. The lowest BCUT2D eigenvalue weighted by atomic mass is 9.69. The molecule has 0 amide bonds. The molecule has 0 N–H and O–H groups in total. The minimum absolute atomic E-state index is 0.1000. The Morgan fingerprint density at radius 1 is 1.47 bits per heavy atom. The van der Waals surface area contributed by atoms with Crippen LogP contribution in [0.25, 0.3) is 10.2 Å². The van der Waals surface area contributed by atoms with Gasteiger partial charge in [0.1, 0.15) is 10.4 Å². The van der Waals surface area contributed by atoms with E-state index in [1.807, 2.05) is 6.92 Å². The summed E-state index contributed by atoms with van der Waals surface area (Å²) in [5.41, 5.74) is 1.73. The molecule has 19 heavy (non-hydrogen) atoms. The number of carbonyl (C=O) groups is 1. The molecule has 1 aliphatic rings. The number of carbonyl (C=O) groups excluding carboxylic acids is 1. The second-order valence-electron chi connectivity index (χ2n) is 5.15. The number of aromatic nitrogens is 1. The van der Waals surface area contributed by atoms with Crippen molar-refractivity contribution in [2.75, 3.05) is 6.61 Å². The molecule has 1 aromatic heterocycles. The summed E-state index contributed by atoms with van der Waals surface area (Å²) in [7, 11) is 0. The fraction of sp³-hybridized carbons (Fsp3) is 0.467. The molecular weight excluding hydrogens is 258 g/mol. The van der Waals surface area contributed by atoms with Crippen molar-refractivity contribution < 1.29 is 9.53 Å². The van der Waals surface area contributed by atoms with Crippen molar-refractivity contribution in [2.24, 2.45) is 0 Å². The first-order valence-electron chi connectivity index (χ1n) is 6.70. The standard InChI is InChI=1S/C15H17NO2S/c1-3-18-14(17)15(7-4-8-15)13-16-11-9-10(2)5-6-12(11)19-13/h5-6,9H,3-4,7-8H2,1-2H3. The van der Waals surface area contributed by atoms with E-state index in [2.05, 4.69) is 30.1 Å². The van der Waals surface area contributed by atoms with E-state index in [0.29, 0.717) is 6.61 Å². The fourth-order valence-corrected chi connectivity index (χ4v) is 3.73. The molecule has 1 aromatic carbocycles. The van der Waals surface area contributed by atoms with Gasteiger partial charge in [-0.3, -0.25) is 4.79 Å². The third kappa shape index (κ3) is 1.94. The van der Waals surface area contributed by atoms with Gasteiger partial charge in [-0.15, -0.1) is 11.3 Å². The summed E-state index contributed by atoms with van der Waals surface area (Å²) < 4.78 is 6.40. The molecule has 0 atom stereocenters. The van der Waals surface area contributed by atoms with E-state index in [1.54, 1.807) is 11.3 Å². The summed E-state index contributed by atoms with van der Waals surface area (Å²) in [5, 5.41) is 0.929. The largest absolute Gasteiger partial charge is 0.465 e. The Bertz CT molecular complexity index is 628. The summed E-state index contributed by atoms with van der Waals surface area (Å²) in [5.74, 6) is -0.1000. The topological polar surface area (TPSA) is 39.2 Å². The molecule has 1 fully saturated rings. The van der Waals surface area contributed by atoms with Gasteiger partial charge < -0.3 is 4.74 Å². The van der Waals surface area contributed by atoms with Crippen molar-refractivity contribution in [2.45, 2.75) is 38.5 Å². The molecule has 1 heterocycles. The first-order valence-corrected chi connectivity index (χ1v) is 7.52. The molecule has 3 nitrogen and oxygen atoms in total. The Balaban J connectivity index is 2.04. The molecule has 0 spiro atoms. The van der Waals surface area contributed by atoms with E-state index in [4.69, 9.17) is 4.74 Å². The molecule has 0 unspecified atom stereocenters. The molecule has 1 aliphatic carbocycles. The van der Waals surface area contributed by atoms with Gasteiger partial charge in [0.25, 0.3) is 0 Å². The van der Waals surface area contributed by atoms with Crippen LogP contribution in [-0.2, 0) is 14.9 Å². The van der Waals surface area contributed by atoms with Gasteiger partial charge in [0.15, 0.2) is 0 Å². The van der Waals surface area contributed by atoms with Gasteiger partial charge in [-0.05, 0) is 44.4 Å². The van der Waals surface area contributed by atoms with Crippen LogP contribution < -0.4 is 0 Å². The zero-order chi connectivity index (χ0) is 13.5.